The van der Waals surface area contributed by atoms with Gasteiger partial charge < -0.3 is 19.3 Å². The Kier molecular flexibility index (Phi) is 7.42. The highest BCUT2D eigenvalue weighted by atomic mass is 16.5. The first kappa shape index (κ1) is 17.1. The van der Waals surface area contributed by atoms with Gasteiger partial charge in [0.05, 0.1) is 19.8 Å². The summed E-state index contributed by atoms with van der Waals surface area (Å²) in [6, 6.07) is 0. The number of carbonyl (C=O) groups is 2. The molecule has 2 atom stereocenters. The van der Waals surface area contributed by atoms with Crippen molar-refractivity contribution in [2.75, 3.05) is 20.3 Å². The minimum atomic E-state index is -0.691. The Bertz CT molecular complexity index is 447. The minimum Gasteiger partial charge on any atom is -0.466 e. The van der Waals surface area contributed by atoms with Gasteiger partial charge in [-0.3, -0.25) is 0 Å². The maximum Gasteiger partial charge on any atom is 0.331 e. The zero-order chi connectivity index (χ0) is 15.7. The second kappa shape index (κ2) is 9.10. The monoisotopic (exact) mass is 296 g/mol. The number of allylic oxidation sites excluding steroid dienone is 2. The Morgan fingerprint density at radius 1 is 1.52 bits per heavy atom. The van der Waals surface area contributed by atoms with E-state index in [1.54, 1.807) is 19.1 Å². The van der Waals surface area contributed by atoms with Gasteiger partial charge in [0.25, 0.3) is 0 Å². The van der Waals surface area contributed by atoms with Crippen molar-refractivity contribution in [3.63, 3.8) is 0 Å². The number of esters is 2. The van der Waals surface area contributed by atoms with Crippen LogP contribution in [0.5, 0.6) is 0 Å². The van der Waals surface area contributed by atoms with E-state index in [0.29, 0.717) is 19.6 Å². The van der Waals surface area contributed by atoms with Crippen LogP contribution in [0.15, 0.2) is 36.0 Å². The number of ether oxygens (including phenoxy) is 3. The Morgan fingerprint density at radius 2 is 2.29 bits per heavy atom. The lowest BCUT2D eigenvalue weighted by Gasteiger charge is -2.16. The molecular formula is C15H20O6. The molecule has 0 bridgehead atoms. The summed E-state index contributed by atoms with van der Waals surface area (Å²) < 4.78 is 14.8. The molecule has 0 aliphatic carbocycles. The van der Waals surface area contributed by atoms with Crippen molar-refractivity contribution in [1.29, 1.82) is 0 Å². The van der Waals surface area contributed by atoms with Gasteiger partial charge in [0, 0.05) is 12.2 Å². The zero-order valence-corrected chi connectivity index (χ0v) is 12.2. The molecule has 21 heavy (non-hydrogen) atoms. The molecule has 0 radical (unpaired) electrons. The van der Waals surface area contributed by atoms with E-state index in [1.807, 2.05) is 0 Å². The number of aliphatic hydroxyl groups excluding tert-OH is 1. The quantitative estimate of drug-likeness (QED) is 0.407. The number of hydrogen-bond donors (Lipinski definition) is 1. The molecule has 0 saturated heterocycles. The largest absolute Gasteiger partial charge is 0.466 e. The highest BCUT2D eigenvalue weighted by Crippen LogP contribution is 2.11. The highest BCUT2D eigenvalue weighted by Gasteiger charge is 2.15. The maximum absolute atomic E-state index is 10.9. The molecule has 0 aromatic heterocycles. The van der Waals surface area contributed by atoms with Gasteiger partial charge in [0.2, 0.25) is 0 Å². The first-order chi connectivity index (χ1) is 10.0. The smallest absolute Gasteiger partial charge is 0.331 e. The van der Waals surface area contributed by atoms with Crippen molar-refractivity contribution in [3.8, 4) is 0 Å². The van der Waals surface area contributed by atoms with Crippen molar-refractivity contribution >= 4 is 11.9 Å². The first-order valence-electron chi connectivity index (χ1n) is 6.61. The van der Waals surface area contributed by atoms with Crippen molar-refractivity contribution < 1.29 is 28.9 Å². The summed E-state index contributed by atoms with van der Waals surface area (Å²) in [7, 11) is 1.30. The second-order valence-electron chi connectivity index (χ2n) is 4.50. The van der Waals surface area contributed by atoms with Gasteiger partial charge in [-0.1, -0.05) is 18.2 Å². The molecule has 0 aromatic rings. The number of cyclic esters (lactones) is 1. The van der Waals surface area contributed by atoms with Crippen molar-refractivity contribution in [3.05, 3.63) is 36.0 Å². The summed E-state index contributed by atoms with van der Waals surface area (Å²) in [5, 5.41) is 9.62. The number of carbonyl (C=O) groups excluding carboxylic acids is 2. The summed E-state index contributed by atoms with van der Waals surface area (Å²) in [5.74, 6) is -0.781. The van der Waals surface area contributed by atoms with Gasteiger partial charge in [-0.25, -0.2) is 9.59 Å². The maximum atomic E-state index is 10.9. The number of methoxy groups -OCH3 is 1. The molecule has 1 heterocycles. The van der Waals surface area contributed by atoms with E-state index >= 15 is 0 Å². The third-order valence-electron chi connectivity index (χ3n) is 2.78. The lowest BCUT2D eigenvalue weighted by molar-refractivity contribution is -0.135. The van der Waals surface area contributed by atoms with Gasteiger partial charge in [0.15, 0.2) is 0 Å². The van der Waals surface area contributed by atoms with Crippen LogP contribution in [0.4, 0.5) is 0 Å². The number of rotatable bonds is 8. The van der Waals surface area contributed by atoms with Crippen LogP contribution in [-0.2, 0) is 23.8 Å². The van der Waals surface area contributed by atoms with E-state index in [-0.39, 0.29) is 5.97 Å². The summed E-state index contributed by atoms with van der Waals surface area (Å²) in [6.45, 7) is 2.28. The molecule has 0 saturated carbocycles. The van der Waals surface area contributed by atoms with E-state index in [9.17, 15) is 14.7 Å². The molecule has 6 heteroatoms. The van der Waals surface area contributed by atoms with E-state index in [0.717, 1.165) is 5.57 Å². The van der Waals surface area contributed by atoms with Crippen LogP contribution >= 0.6 is 0 Å². The molecule has 1 aliphatic rings. The summed E-state index contributed by atoms with van der Waals surface area (Å²) >= 11 is 0. The fourth-order valence-electron chi connectivity index (χ4n) is 1.62. The molecule has 0 fully saturated rings. The molecule has 0 aromatic carbocycles. The molecular weight excluding hydrogens is 276 g/mol. The SMILES string of the molecule is COC(=O)/C=C\C=C\[C@@H](OCCC1=CC(=O)OC1)C(C)O. The van der Waals surface area contributed by atoms with Crippen LogP contribution in [-0.4, -0.2) is 49.6 Å². The fourth-order valence-corrected chi connectivity index (χ4v) is 1.62. The number of hydrogen-bond acceptors (Lipinski definition) is 6. The summed E-state index contributed by atoms with van der Waals surface area (Å²) in [4.78, 5) is 21.7. The molecule has 0 spiro atoms. The lowest BCUT2D eigenvalue weighted by Crippen LogP contribution is -2.24. The Morgan fingerprint density at radius 3 is 2.86 bits per heavy atom. The van der Waals surface area contributed by atoms with Crippen LogP contribution in [0.25, 0.3) is 0 Å². The van der Waals surface area contributed by atoms with Crippen molar-refractivity contribution in [2.24, 2.45) is 0 Å². The van der Waals surface area contributed by atoms with Crippen LogP contribution in [0.3, 0.4) is 0 Å². The van der Waals surface area contributed by atoms with E-state index in [1.165, 1.54) is 25.3 Å². The molecule has 116 valence electrons. The normalized spacial score (nSPS) is 17.9. The average Bonchev–Trinajstić information content (AvgIpc) is 2.86. The van der Waals surface area contributed by atoms with Crippen LogP contribution < -0.4 is 0 Å². The fraction of sp³-hybridized carbons (Fsp3) is 0.467. The van der Waals surface area contributed by atoms with Gasteiger partial charge in [-0.15, -0.1) is 0 Å². The Labute approximate surface area is 123 Å². The third kappa shape index (κ3) is 6.87. The molecule has 1 aliphatic heterocycles. The summed E-state index contributed by atoms with van der Waals surface area (Å²) in [5.41, 5.74) is 0.874. The van der Waals surface area contributed by atoms with Gasteiger partial charge in [-0.05, 0) is 18.9 Å². The Balaban J connectivity index is 2.37. The minimum absolute atomic E-state index is 0.305. The second-order valence-corrected chi connectivity index (χ2v) is 4.50. The third-order valence-corrected chi connectivity index (χ3v) is 2.78. The molecule has 1 N–H and O–H groups in total. The van der Waals surface area contributed by atoms with E-state index in [2.05, 4.69) is 4.74 Å². The average molecular weight is 296 g/mol. The lowest BCUT2D eigenvalue weighted by atomic mass is 10.2. The van der Waals surface area contributed by atoms with E-state index in [4.69, 9.17) is 9.47 Å². The summed E-state index contributed by atoms with van der Waals surface area (Å²) in [6.07, 6.45) is 6.87. The molecule has 6 nitrogen and oxygen atoms in total. The highest BCUT2D eigenvalue weighted by molar-refractivity contribution is 5.85. The topological polar surface area (TPSA) is 82.1 Å². The molecule has 0 amide bonds. The predicted molar refractivity (Wildman–Crippen MR) is 75.4 cm³/mol. The predicted octanol–water partition coefficient (Wildman–Crippen LogP) is 0.911. The van der Waals surface area contributed by atoms with Crippen LogP contribution in [0.2, 0.25) is 0 Å². The molecule has 1 unspecified atom stereocenters. The zero-order valence-electron chi connectivity index (χ0n) is 12.2. The Hall–Kier alpha value is -1.92. The van der Waals surface area contributed by atoms with Gasteiger partial charge in [-0.2, -0.15) is 0 Å². The molecule has 1 rings (SSSR count). The standard InChI is InChI=1S/C15H20O6/c1-11(16)13(5-3-4-6-14(17)19-2)20-8-7-12-9-15(18)21-10-12/h3-6,9,11,13,16H,7-8,10H2,1-2H3/b5-3+,6-4-/t11?,13-/m1/s1. The van der Waals surface area contributed by atoms with Crippen LogP contribution in [0.1, 0.15) is 13.3 Å². The van der Waals surface area contributed by atoms with Crippen molar-refractivity contribution in [1.82, 2.24) is 0 Å². The van der Waals surface area contributed by atoms with Gasteiger partial charge >= 0.3 is 11.9 Å². The van der Waals surface area contributed by atoms with Crippen molar-refractivity contribution in [2.45, 2.75) is 25.6 Å². The van der Waals surface area contributed by atoms with Gasteiger partial charge in [0.1, 0.15) is 12.7 Å². The van der Waals surface area contributed by atoms with Crippen LogP contribution in [0, 0.1) is 0 Å². The first-order valence-corrected chi connectivity index (χ1v) is 6.61. The number of aliphatic hydroxyl groups is 1. The van der Waals surface area contributed by atoms with E-state index < -0.39 is 18.2 Å².